The number of carboxylic acids is 1. The van der Waals surface area contributed by atoms with Crippen molar-refractivity contribution in [1.82, 2.24) is 9.80 Å². The summed E-state index contributed by atoms with van der Waals surface area (Å²) in [4.78, 5) is 77.2. The Labute approximate surface area is 349 Å². The highest BCUT2D eigenvalue weighted by Crippen LogP contribution is 2.46. The lowest BCUT2D eigenvalue weighted by Crippen LogP contribution is -2.49. The summed E-state index contributed by atoms with van der Waals surface area (Å²) in [5, 5.41) is 16.2. The van der Waals surface area contributed by atoms with Crippen molar-refractivity contribution in [2.24, 2.45) is 0 Å². The summed E-state index contributed by atoms with van der Waals surface area (Å²) in [5.74, 6) is -0.881. The molecule has 4 heterocycles. The van der Waals surface area contributed by atoms with Gasteiger partial charge in [0.2, 0.25) is 11.8 Å². The largest absolute Gasteiger partial charge is 0.484 e. The van der Waals surface area contributed by atoms with Gasteiger partial charge >= 0.3 is 11.9 Å². The number of ether oxygens (including phenoxy) is 3. The maximum atomic E-state index is 12.8. The van der Waals surface area contributed by atoms with Crippen LogP contribution in [0.1, 0.15) is 57.5 Å². The maximum Gasteiger partial charge on any atom is 0.337 e. The fraction of sp³-hybridized carbons (Fsp3) is 0.302. The highest BCUT2D eigenvalue weighted by atomic mass is 35.5. The number of rotatable bonds is 8. The lowest BCUT2D eigenvalue weighted by molar-refractivity contribution is -0.137. The molecule has 4 aliphatic rings. The minimum atomic E-state index is -1.03. The molecule has 16 heteroatoms. The monoisotopic (exact) mass is 842 g/mol. The van der Waals surface area contributed by atoms with Gasteiger partial charge in [-0.2, -0.15) is 0 Å². The third-order valence-corrected chi connectivity index (χ3v) is 11.9. The minimum absolute atomic E-state index is 0.0795. The van der Waals surface area contributed by atoms with Gasteiger partial charge in [-0.1, -0.05) is 23.2 Å². The number of halogens is 2. The molecule has 0 bridgehead atoms. The van der Waals surface area contributed by atoms with E-state index < -0.39 is 22.8 Å². The molecule has 3 N–H and O–H groups in total. The first-order valence-electron chi connectivity index (χ1n) is 18.9. The number of piperidine rings is 2. The Hall–Kier alpha value is -6.12. The van der Waals surface area contributed by atoms with E-state index in [-0.39, 0.29) is 42.4 Å². The Kier molecular flexibility index (Phi) is 11.8. The molecule has 4 amide bonds. The van der Waals surface area contributed by atoms with Gasteiger partial charge in [-0.25, -0.2) is 9.59 Å². The van der Waals surface area contributed by atoms with Crippen LogP contribution >= 0.6 is 23.2 Å². The highest BCUT2D eigenvalue weighted by molar-refractivity contribution is 6.30. The number of methoxy groups -OCH3 is 1. The molecular weight excluding hydrogens is 803 g/mol. The first-order chi connectivity index (χ1) is 28.3. The zero-order valence-corrected chi connectivity index (χ0v) is 33.4. The van der Waals surface area contributed by atoms with Gasteiger partial charge in [0.25, 0.3) is 11.8 Å². The van der Waals surface area contributed by atoms with Gasteiger partial charge in [-0.05, 0) is 122 Å². The lowest BCUT2D eigenvalue weighted by Gasteiger charge is -2.38. The van der Waals surface area contributed by atoms with Crippen LogP contribution in [0.5, 0.6) is 11.5 Å². The number of nitrogens with one attached hydrogen (secondary N) is 2. The molecule has 59 heavy (non-hydrogen) atoms. The molecule has 0 radical (unpaired) electrons. The molecule has 4 aliphatic heterocycles. The van der Waals surface area contributed by atoms with Crippen LogP contribution in [0, 0.1) is 0 Å². The van der Waals surface area contributed by atoms with Gasteiger partial charge in [0.1, 0.15) is 11.5 Å². The minimum Gasteiger partial charge on any atom is -0.484 e. The Morgan fingerprint density at radius 3 is 1.41 bits per heavy atom. The summed E-state index contributed by atoms with van der Waals surface area (Å²) in [7, 11) is 1.32. The zero-order chi connectivity index (χ0) is 41.9. The van der Waals surface area contributed by atoms with E-state index in [1.165, 1.54) is 13.2 Å². The molecule has 0 atom stereocenters. The third kappa shape index (κ3) is 8.41. The van der Waals surface area contributed by atoms with E-state index in [0.29, 0.717) is 95.9 Å². The highest BCUT2D eigenvalue weighted by Gasteiger charge is 2.50. The predicted molar refractivity (Wildman–Crippen MR) is 217 cm³/mol. The summed E-state index contributed by atoms with van der Waals surface area (Å²) >= 11 is 11.7. The number of hydrogen-bond donors (Lipinski definition) is 3. The second-order valence-corrected chi connectivity index (χ2v) is 15.5. The van der Waals surface area contributed by atoms with Crippen LogP contribution in [-0.4, -0.2) is 97.0 Å². The third-order valence-electron chi connectivity index (χ3n) is 11.4. The van der Waals surface area contributed by atoms with Gasteiger partial charge in [-0.3, -0.25) is 19.2 Å². The van der Waals surface area contributed by atoms with Gasteiger partial charge in [0, 0.05) is 47.6 Å². The number of benzene rings is 4. The smallest absolute Gasteiger partial charge is 0.337 e. The van der Waals surface area contributed by atoms with E-state index >= 15 is 0 Å². The molecule has 0 aliphatic carbocycles. The molecule has 306 valence electrons. The molecule has 2 fully saturated rings. The number of esters is 1. The number of nitrogens with zero attached hydrogens (tertiary/aromatic N) is 2. The van der Waals surface area contributed by atoms with E-state index in [1.807, 2.05) is 0 Å². The van der Waals surface area contributed by atoms with Gasteiger partial charge < -0.3 is 39.8 Å². The van der Waals surface area contributed by atoms with Crippen LogP contribution in [0.3, 0.4) is 0 Å². The van der Waals surface area contributed by atoms with Crippen molar-refractivity contribution >= 4 is 70.1 Å². The molecule has 2 spiro atoms. The summed E-state index contributed by atoms with van der Waals surface area (Å²) in [6, 6.07) is 23.3. The Morgan fingerprint density at radius 1 is 0.627 bits per heavy atom. The van der Waals surface area contributed by atoms with Crippen LogP contribution in [0.15, 0.2) is 84.9 Å². The zero-order valence-electron chi connectivity index (χ0n) is 31.9. The molecule has 8 rings (SSSR count). The van der Waals surface area contributed by atoms with E-state index in [0.717, 1.165) is 5.56 Å². The summed E-state index contributed by atoms with van der Waals surface area (Å²) in [5.41, 5.74) is 1.86. The number of anilines is 2. The van der Waals surface area contributed by atoms with E-state index in [2.05, 4.69) is 10.6 Å². The Bertz CT molecular complexity index is 2300. The summed E-state index contributed by atoms with van der Waals surface area (Å²) < 4.78 is 15.9. The van der Waals surface area contributed by atoms with Crippen LogP contribution < -0.4 is 20.1 Å². The molecule has 0 unspecified atom stereocenters. The van der Waals surface area contributed by atoms with Crippen molar-refractivity contribution in [3.8, 4) is 11.5 Å². The van der Waals surface area contributed by atoms with E-state index in [9.17, 15) is 33.9 Å². The normalized spacial score (nSPS) is 16.9. The molecule has 0 saturated carbocycles. The lowest BCUT2D eigenvalue weighted by atomic mass is 9.73. The van der Waals surface area contributed by atoms with E-state index in [4.69, 9.17) is 37.4 Å². The first-order valence-corrected chi connectivity index (χ1v) is 19.6. The Balaban J connectivity index is 0.000000179. The number of likely N-dealkylation sites (tertiary alicyclic amines) is 2. The standard InChI is InChI=1S/C22H21ClN2O5.C21H19ClN2O5/c1-29-20(27)14-2-7-18-17(12-14)22(21(28)24-18)8-10-25(11-9-22)19(26)13-30-16-5-3-15(23)4-6-16;22-14-2-4-15(5-3-14)29-12-18(25)24-9-7-21(8-10-24)16-11-13(19(26)27)1-6-17(16)23-20(21)28/h2-7,12H,8-11,13H2,1H3,(H,24,28);1-6,11H,7-10,12H2,(H,23,28)(H,26,27). The van der Waals surface area contributed by atoms with Crippen LogP contribution in [-0.2, 0) is 34.7 Å². The van der Waals surface area contributed by atoms with Gasteiger partial charge in [0.15, 0.2) is 13.2 Å². The molecular formula is C43H40Cl2N4O10. The van der Waals surface area contributed by atoms with Crippen molar-refractivity contribution in [1.29, 1.82) is 0 Å². The van der Waals surface area contributed by atoms with E-state index in [1.54, 1.807) is 88.7 Å². The van der Waals surface area contributed by atoms with Crippen molar-refractivity contribution in [2.45, 2.75) is 36.5 Å². The number of amides is 4. The van der Waals surface area contributed by atoms with Crippen molar-refractivity contribution in [2.75, 3.05) is 57.1 Å². The average Bonchev–Trinajstić information content (AvgIpc) is 3.67. The average molecular weight is 844 g/mol. The summed E-state index contributed by atoms with van der Waals surface area (Å²) in [6.45, 7) is 1.47. The molecule has 4 aromatic carbocycles. The predicted octanol–water partition coefficient (Wildman–Crippen LogP) is 5.95. The number of hydrogen-bond acceptors (Lipinski definition) is 9. The molecule has 14 nitrogen and oxygen atoms in total. The van der Waals surface area contributed by atoms with Crippen LogP contribution in [0.25, 0.3) is 0 Å². The first kappa shape index (κ1) is 41.1. The Morgan fingerprint density at radius 2 is 1.02 bits per heavy atom. The number of carbonyl (C=O) groups excluding carboxylic acids is 5. The van der Waals surface area contributed by atoms with Gasteiger partial charge in [0.05, 0.1) is 29.1 Å². The SMILES string of the molecule is COC(=O)c1ccc2c(c1)C1(CCN(C(=O)COc3ccc(Cl)cc3)CC1)C(=O)N2.O=C(O)c1ccc2c(c1)C1(CCN(C(=O)COc3ccc(Cl)cc3)CC1)C(=O)N2. The second-order valence-electron chi connectivity index (χ2n) is 14.6. The van der Waals surface area contributed by atoms with Crippen molar-refractivity contribution < 1.29 is 48.1 Å². The maximum absolute atomic E-state index is 12.8. The van der Waals surface area contributed by atoms with Gasteiger partial charge in [-0.15, -0.1) is 0 Å². The molecule has 4 aromatic rings. The number of aromatic carboxylic acids is 1. The number of carboxylic acid groups (broad SMARTS) is 1. The number of fused-ring (bicyclic) bond motifs is 4. The van der Waals surface area contributed by atoms with Crippen LogP contribution in [0.4, 0.5) is 11.4 Å². The summed E-state index contributed by atoms with van der Waals surface area (Å²) in [6.07, 6.45) is 1.81. The van der Waals surface area contributed by atoms with Crippen molar-refractivity contribution in [3.63, 3.8) is 0 Å². The van der Waals surface area contributed by atoms with Crippen molar-refractivity contribution in [3.05, 3.63) is 117 Å². The quantitative estimate of drug-likeness (QED) is 0.180. The second kappa shape index (κ2) is 17.0. The fourth-order valence-corrected chi connectivity index (χ4v) is 8.26. The fourth-order valence-electron chi connectivity index (χ4n) is 8.01. The van der Waals surface area contributed by atoms with Crippen LogP contribution in [0.2, 0.25) is 10.0 Å². The molecule has 2 saturated heterocycles. The molecule has 0 aromatic heterocycles. The topological polar surface area (TPSA) is 181 Å². The number of carbonyl (C=O) groups is 6.